The van der Waals surface area contributed by atoms with Gasteiger partial charge in [-0.05, 0) is 18.2 Å². The molecule has 1 N–H and O–H groups in total. The van der Waals surface area contributed by atoms with Crippen molar-refractivity contribution in [2.24, 2.45) is 0 Å². The van der Waals surface area contributed by atoms with Crippen LogP contribution in [0.1, 0.15) is 0 Å². The summed E-state index contributed by atoms with van der Waals surface area (Å²) in [6, 6.07) is 7.43. The van der Waals surface area contributed by atoms with Gasteiger partial charge in [-0.1, -0.05) is 0 Å². The molecule has 0 bridgehead atoms. The molecule has 3 heterocycles. The first-order chi connectivity index (χ1) is 8.78. The van der Waals surface area contributed by atoms with E-state index in [1.165, 1.54) is 6.20 Å². The van der Waals surface area contributed by atoms with E-state index in [1.807, 2.05) is 18.2 Å². The number of hydrogen-bond donors (Lipinski definition) is 1. The van der Waals surface area contributed by atoms with Crippen LogP contribution in [-0.2, 0) is 0 Å². The smallest absolute Gasteiger partial charge is 0.360 e. The zero-order valence-corrected chi connectivity index (χ0v) is 9.62. The van der Waals surface area contributed by atoms with Gasteiger partial charge in [0.15, 0.2) is 0 Å². The van der Waals surface area contributed by atoms with Crippen molar-refractivity contribution < 1.29 is 4.74 Å². The monoisotopic (exact) mass is 242 g/mol. The molecule has 3 aromatic heterocycles. The summed E-state index contributed by atoms with van der Waals surface area (Å²) in [5.41, 5.74) is 2.17. The van der Waals surface area contributed by atoms with Crippen LogP contribution in [0, 0.1) is 0 Å². The Bertz CT molecular complexity index is 743. The minimum Gasteiger partial charge on any atom is -0.481 e. The SMILES string of the molecule is COc1ccc(-c2ccc3cnc(=O)[nH]n23)cn1. The van der Waals surface area contributed by atoms with Gasteiger partial charge in [0.1, 0.15) is 0 Å². The van der Waals surface area contributed by atoms with Crippen molar-refractivity contribution >= 4 is 5.52 Å². The van der Waals surface area contributed by atoms with Crippen molar-refractivity contribution in [3.8, 4) is 17.1 Å². The van der Waals surface area contributed by atoms with Crippen LogP contribution in [0.5, 0.6) is 5.88 Å². The molecule has 0 aliphatic heterocycles. The van der Waals surface area contributed by atoms with E-state index < -0.39 is 0 Å². The molecule has 0 spiro atoms. The quantitative estimate of drug-likeness (QED) is 0.730. The maximum atomic E-state index is 11.2. The van der Waals surface area contributed by atoms with Crippen molar-refractivity contribution in [1.29, 1.82) is 0 Å². The first-order valence-corrected chi connectivity index (χ1v) is 5.35. The molecule has 0 aliphatic carbocycles. The summed E-state index contributed by atoms with van der Waals surface area (Å²) >= 11 is 0. The van der Waals surface area contributed by atoms with Gasteiger partial charge in [0, 0.05) is 17.8 Å². The molecule has 0 radical (unpaired) electrons. The molecule has 0 atom stereocenters. The lowest BCUT2D eigenvalue weighted by Gasteiger charge is -2.03. The van der Waals surface area contributed by atoms with Gasteiger partial charge in [0.2, 0.25) is 5.88 Å². The molecule has 6 heteroatoms. The number of aromatic nitrogens is 4. The summed E-state index contributed by atoms with van der Waals surface area (Å²) in [6.45, 7) is 0. The zero-order valence-electron chi connectivity index (χ0n) is 9.62. The second-order valence-corrected chi connectivity index (χ2v) is 3.74. The van der Waals surface area contributed by atoms with Crippen LogP contribution in [0.4, 0.5) is 0 Å². The second-order valence-electron chi connectivity index (χ2n) is 3.74. The van der Waals surface area contributed by atoms with E-state index in [0.29, 0.717) is 5.88 Å². The van der Waals surface area contributed by atoms with Crippen LogP contribution in [0.15, 0.2) is 41.5 Å². The molecule has 3 aromatic rings. The summed E-state index contributed by atoms with van der Waals surface area (Å²) < 4.78 is 6.69. The molecule has 6 nitrogen and oxygen atoms in total. The van der Waals surface area contributed by atoms with Gasteiger partial charge in [-0.25, -0.2) is 14.9 Å². The Labute approximate surface area is 102 Å². The highest BCUT2D eigenvalue weighted by Crippen LogP contribution is 2.21. The largest absolute Gasteiger partial charge is 0.481 e. The number of aromatic amines is 1. The van der Waals surface area contributed by atoms with Crippen LogP contribution in [-0.4, -0.2) is 26.7 Å². The van der Waals surface area contributed by atoms with Crippen LogP contribution in [0.25, 0.3) is 16.8 Å². The van der Waals surface area contributed by atoms with Crippen LogP contribution in [0.3, 0.4) is 0 Å². The minimum absolute atomic E-state index is 0.388. The molecule has 0 aromatic carbocycles. The topological polar surface area (TPSA) is 72.3 Å². The number of ether oxygens (including phenoxy) is 1. The standard InChI is InChI=1S/C12H10N4O2/c1-18-11-5-2-8(6-13-11)10-4-3-9-7-14-12(17)15-16(9)10/h2-7H,1H3,(H,15,17). The molecule has 0 fully saturated rings. The van der Waals surface area contributed by atoms with Gasteiger partial charge >= 0.3 is 5.69 Å². The molecule has 90 valence electrons. The average Bonchev–Trinajstić information content (AvgIpc) is 2.82. The number of nitrogens with one attached hydrogen (secondary N) is 1. The Morgan fingerprint density at radius 3 is 2.78 bits per heavy atom. The van der Waals surface area contributed by atoms with Gasteiger partial charge in [-0.2, -0.15) is 4.98 Å². The van der Waals surface area contributed by atoms with Crippen molar-refractivity contribution in [2.45, 2.75) is 0 Å². The molecule has 18 heavy (non-hydrogen) atoms. The molecule has 3 rings (SSSR count). The first-order valence-electron chi connectivity index (χ1n) is 5.35. The van der Waals surface area contributed by atoms with Gasteiger partial charge in [-0.3, -0.25) is 4.52 Å². The van der Waals surface area contributed by atoms with E-state index in [1.54, 1.807) is 23.9 Å². The van der Waals surface area contributed by atoms with E-state index in [2.05, 4.69) is 15.1 Å². The molecule has 0 saturated carbocycles. The predicted octanol–water partition coefficient (Wildman–Crippen LogP) is 1.09. The molecular weight excluding hydrogens is 232 g/mol. The minimum atomic E-state index is -0.388. The maximum Gasteiger partial charge on any atom is 0.360 e. The normalized spacial score (nSPS) is 10.7. The Balaban J connectivity index is 2.18. The number of pyridine rings is 1. The predicted molar refractivity (Wildman–Crippen MR) is 65.6 cm³/mol. The number of nitrogens with zero attached hydrogens (tertiary/aromatic N) is 3. The van der Waals surface area contributed by atoms with Gasteiger partial charge in [0.05, 0.1) is 24.5 Å². The van der Waals surface area contributed by atoms with E-state index >= 15 is 0 Å². The number of methoxy groups -OCH3 is 1. The third-order valence-corrected chi connectivity index (χ3v) is 2.67. The lowest BCUT2D eigenvalue weighted by molar-refractivity contribution is 0.398. The van der Waals surface area contributed by atoms with E-state index in [-0.39, 0.29) is 5.69 Å². The summed E-state index contributed by atoms with van der Waals surface area (Å²) in [7, 11) is 1.57. The fraction of sp³-hybridized carbons (Fsp3) is 0.0833. The number of hydrogen-bond acceptors (Lipinski definition) is 4. The average molecular weight is 242 g/mol. The fourth-order valence-corrected chi connectivity index (χ4v) is 1.81. The van der Waals surface area contributed by atoms with Crippen LogP contribution < -0.4 is 10.4 Å². The highest BCUT2D eigenvalue weighted by molar-refractivity contribution is 5.65. The maximum absolute atomic E-state index is 11.2. The highest BCUT2D eigenvalue weighted by atomic mass is 16.5. The molecular formula is C12H10N4O2. The fourth-order valence-electron chi connectivity index (χ4n) is 1.81. The molecule has 0 amide bonds. The second kappa shape index (κ2) is 3.99. The van der Waals surface area contributed by atoms with Crippen molar-refractivity contribution in [1.82, 2.24) is 19.6 Å². The summed E-state index contributed by atoms with van der Waals surface area (Å²) in [5.74, 6) is 0.551. The number of H-pyrrole nitrogens is 1. The third-order valence-electron chi connectivity index (χ3n) is 2.67. The summed E-state index contributed by atoms with van der Waals surface area (Å²) in [5, 5.41) is 2.66. The van der Waals surface area contributed by atoms with Crippen LogP contribution in [0.2, 0.25) is 0 Å². The van der Waals surface area contributed by atoms with Gasteiger partial charge in [0.25, 0.3) is 0 Å². The van der Waals surface area contributed by atoms with Crippen LogP contribution >= 0.6 is 0 Å². The summed E-state index contributed by atoms with van der Waals surface area (Å²) in [4.78, 5) is 19.1. The third kappa shape index (κ3) is 1.64. The molecule has 0 aliphatic rings. The number of rotatable bonds is 2. The lowest BCUT2D eigenvalue weighted by Crippen LogP contribution is -2.14. The first kappa shape index (κ1) is 10.5. The Kier molecular flexibility index (Phi) is 2.33. The van der Waals surface area contributed by atoms with E-state index in [4.69, 9.17) is 4.74 Å². The highest BCUT2D eigenvalue weighted by Gasteiger charge is 2.06. The van der Waals surface area contributed by atoms with Crippen molar-refractivity contribution in [3.63, 3.8) is 0 Å². The van der Waals surface area contributed by atoms with Crippen molar-refractivity contribution in [3.05, 3.63) is 47.1 Å². The Hall–Kier alpha value is -2.63. The Morgan fingerprint density at radius 1 is 1.17 bits per heavy atom. The lowest BCUT2D eigenvalue weighted by atomic mass is 10.2. The van der Waals surface area contributed by atoms with E-state index in [9.17, 15) is 4.79 Å². The molecule has 0 saturated heterocycles. The van der Waals surface area contributed by atoms with Crippen molar-refractivity contribution in [2.75, 3.05) is 7.11 Å². The van der Waals surface area contributed by atoms with Gasteiger partial charge in [-0.15, -0.1) is 0 Å². The molecule has 0 unspecified atom stereocenters. The van der Waals surface area contributed by atoms with Gasteiger partial charge < -0.3 is 4.74 Å². The Morgan fingerprint density at radius 2 is 2.06 bits per heavy atom. The summed E-state index contributed by atoms with van der Waals surface area (Å²) in [6.07, 6.45) is 3.22. The van der Waals surface area contributed by atoms with E-state index in [0.717, 1.165) is 16.8 Å². The number of fused-ring (bicyclic) bond motifs is 1. The zero-order chi connectivity index (χ0) is 12.5.